The highest BCUT2D eigenvalue weighted by Gasteiger charge is 2.15. The maximum Gasteiger partial charge on any atom is 0.203 e. The highest BCUT2D eigenvalue weighted by Crippen LogP contribution is 2.41. The predicted octanol–water partition coefficient (Wildman–Crippen LogP) is 3.98. The fourth-order valence-electron chi connectivity index (χ4n) is 3.19. The highest BCUT2D eigenvalue weighted by molar-refractivity contribution is 5.93. The van der Waals surface area contributed by atoms with Crippen LogP contribution in [0.1, 0.15) is 0 Å². The molecule has 148 valence electrons. The minimum absolute atomic E-state index is 0.527. The molecule has 0 saturated carbocycles. The lowest BCUT2D eigenvalue weighted by atomic mass is 10.1. The van der Waals surface area contributed by atoms with E-state index in [1.165, 1.54) is 6.33 Å². The number of nitrogens with one attached hydrogen (secondary N) is 2. The average Bonchev–Trinajstić information content (AvgIpc) is 3.18. The Morgan fingerprint density at radius 2 is 1.69 bits per heavy atom. The third kappa shape index (κ3) is 3.47. The van der Waals surface area contributed by atoms with E-state index in [4.69, 9.17) is 19.9 Å². The molecule has 29 heavy (non-hydrogen) atoms. The van der Waals surface area contributed by atoms with Crippen molar-refractivity contribution in [2.75, 3.05) is 32.4 Å². The second-order valence-corrected chi connectivity index (χ2v) is 6.33. The van der Waals surface area contributed by atoms with Gasteiger partial charge in [0.15, 0.2) is 11.5 Å². The van der Waals surface area contributed by atoms with Crippen LogP contribution in [0, 0.1) is 0 Å². The molecule has 0 aliphatic rings. The molecule has 4 N–H and O–H groups in total. The number of hydrogen-bond acceptors (Lipinski definition) is 7. The van der Waals surface area contributed by atoms with Crippen molar-refractivity contribution >= 4 is 28.2 Å². The second kappa shape index (κ2) is 7.59. The summed E-state index contributed by atoms with van der Waals surface area (Å²) in [7, 11) is 4.72. The Labute approximate surface area is 167 Å². The summed E-state index contributed by atoms with van der Waals surface area (Å²) in [6.07, 6.45) is 1.50. The van der Waals surface area contributed by atoms with Crippen molar-refractivity contribution in [3.05, 3.63) is 48.8 Å². The molecule has 0 aliphatic carbocycles. The van der Waals surface area contributed by atoms with Gasteiger partial charge in [0.05, 0.1) is 26.7 Å². The van der Waals surface area contributed by atoms with Crippen molar-refractivity contribution in [1.82, 2.24) is 15.0 Å². The van der Waals surface area contributed by atoms with Crippen molar-refractivity contribution in [2.24, 2.45) is 0 Å². The molecule has 0 spiro atoms. The van der Waals surface area contributed by atoms with Crippen molar-refractivity contribution < 1.29 is 14.2 Å². The lowest BCUT2D eigenvalue weighted by Crippen LogP contribution is -1.99. The maximum absolute atomic E-state index is 5.91. The van der Waals surface area contributed by atoms with E-state index in [1.807, 2.05) is 42.5 Å². The summed E-state index contributed by atoms with van der Waals surface area (Å²) in [5.74, 6) is 2.28. The number of benzene rings is 2. The minimum Gasteiger partial charge on any atom is -0.493 e. The summed E-state index contributed by atoms with van der Waals surface area (Å²) in [6.45, 7) is 0. The van der Waals surface area contributed by atoms with Crippen molar-refractivity contribution in [2.45, 2.75) is 0 Å². The van der Waals surface area contributed by atoms with Crippen LogP contribution in [0.2, 0.25) is 0 Å². The lowest BCUT2D eigenvalue weighted by molar-refractivity contribution is 0.324. The summed E-state index contributed by atoms with van der Waals surface area (Å²) in [5, 5.41) is 4.16. The molecule has 0 bridgehead atoms. The molecular weight excluding hydrogens is 370 g/mol. The molecule has 4 rings (SSSR count). The fourth-order valence-corrected chi connectivity index (χ4v) is 3.19. The van der Waals surface area contributed by atoms with Gasteiger partial charge in [-0.2, -0.15) is 0 Å². The third-order valence-corrected chi connectivity index (χ3v) is 4.55. The van der Waals surface area contributed by atoms with Gasteiger partial charge in [-0.1, -0.05) is 12.1 Å². The van der Waals surface area contributed by atoms with Gasteiger partial charge in [0.2, 0.25) is 5.75 Å². The largest absolute Gasteiger partial charge is 0.493 e. The number of H-pyrrole nitrogens is 1. The first-order valence-electron chi connectivity index (χ1n) is 8.89. The van der Waals surface area contributed by atoms with Gasteiger partial charge in [0, 0.05) is 34.8 Å². The average molecular weight is 391 g/mol. The van der Waals surface area contributed by atoms with Crippen LogP contribution < -0.4 is 25.3 Å². The van der Waals surface area contributed by atoms with E-state index in [0.29, 0.717) is 34.4 Å². The Kier molecular flexibility index (Phi) is 4.82. The number of methoxy groups -OCH3 is 3. The summed E-state index contributed by atoms with van der Waals surface area (Å²) < 4.78 is 16.2. The molecule has 0 unspecified atom stereocenters. The highest BCUT2D eigenvalue weighted by atomic mass is 16.5. The first-order valence-corrected chi connectivity index (χ1v) is 8.89. The maximum atomic E-state index is 5.91. The molecule has 0 radical (unpaired) electrons. The first kappa shape index (κ1) is 18.4. The van der Waals surface area contributed by atoms with Crippen LogP contribution in [-0.2, 0) is 0 Å². The molecule has 0 amide bonds. The Morgan fingerprint density at radius 1 is 0.931 bits per heavy atom. The number of hydrogen-bond donors (Lipinski definition) is 3. The minimum atomic E-state index is 0.527. The molecule has 4 aromatic rings. The zero-order valence-electron chi connectivity index (χ0n) is 16.3. The van der Waals surface area contributed by atoms with Gasteiger partial charge >= 0.3 is 0 Å². The normalized spacial score (nSPS) is 10.7. The predicted molar refractivity (Wildman–Crippen MR) is 113 cm³/mol. The number of nitrogens with zero attached hydrogens (tertiary/aromatic N) is 2. The van der Waals surface area contributed by atoms with E-state index in [-0.39, 0.29) is 0 Å². The molecule has 2 aromatic heterocycles. The summed E-state index contributed by atoms with van der Waals surface area (Å²) >= 11 is 0. The quantitative estimate of drug-likeness (QED) is 0.427. The number of rotatable bonds is 6. The molecular formula is C21H21N5O3. The molecule has 8 heteroatoms. The molecule has 8 nitrogen and oxygen atoms in total. The van der Waals surface area contributed by atoms with Gasteiger partial charge in [-0.25, -0.2) is 9.97 Å². The number of aromatic amines is 1. The lowest BCUT2D eigenvalue weighted by Gasteiger charge is -2.15. The standard InChI is InChI=1S/C21H21N5O3/c1-27-17-8-14(9-18(28-2)19(17)29-3)25-20-15-10-16(26-21(15)24-11-23-20)12-5-4-6-13(22)7-12/h4-11H,22H2,1-3H3,(H2,23,24,25,26). The van der Waals surface area contributed by atoms with Gasteiger partial charge in [-0.15, -0.1) is 0 Å². The SMILES string of the molecule is COc1cc(Nc2ncnc3[nH]c(-c4cccc(N)c4)cc23)cc(OC)c1OC. The van der Waals surface area contributed by atoms with E-state index in [2.05, 4.69) is 20.3 Å². The van der Waals surface area contributed by atoms with Crippen LogP contribution in [0.3, 0.4) is 0 Å². The van der Waals surface area contributed by atoms with Crippen molar-refractivity contribution in [3.63, 3.8) is 0 Å². The monoisotopic (exact) mass is 391 g/mol. The van der Waals surface area contributed by atoms with E-state index in [1.54, 1.807) is 21.3 Å². The Morgan fingerprint density at radius 3 is 2.34 bits per heavy atom. The smallest absolute Gasteiger partial charge is 0.203 e. The topological polar surface area (TPSA) is 107 Å². The van der Waals surface area contributed by atoms with Crippen molar-refractivity contribution in [3.8, 4) is 28.5 Å². The summed E-state index contributed by atoms with van der Waals surface area (Å²) in [5.41, 5.74) is 9.94. The van der Waals surface area contributed by atoms with Gasteiger partial charge < -0.3 is 30.2 Å². The molecule has 0 atom stereocenters. The summed E-state index contributed by atoms with van der Waals surface area (Å²) in [4.78, 5) is 12.1. The number of nitrogens with two attached hydrogens (primary N) is 1. The molecule has 0 aliphatic heterocycles. The fraction of sp³-hybridized carbons (Fsp3) is 0.143. The second-order valence-electron chi connectivity index (χ2n) is 6.33. The van der Waals surface area contributed by atoms with Gasteiger partial charge in [0.25, 0.3) is 0 Å². The number of ether oxygens (including phenoxy) is 3. The van der Waals surface area contributed by atoms with Gasteiger partial charge in [-0.3, -0.25) is 0 Å². The Hall–Kier alpha value is -3.94. The molecule has 0 fully saturated rings. The van der Waals surface area contributed by atoms with E-state index in [0.717, 1.165) is 22.3 Å². The molecule has 0 saturated heterocycles. The van der Waals surface area contributed by atoms with Crippen LogP contribution in [0.4, 0.5) is 17.2 Å². The van der Waals surface area contributed by atoms with Gasteiger partial charge in [0.1, 0.15) is 17.8 Å². The van der Waals surface area contributed by atoms with Gasteiger partial charge in [-0.05, 0) is 18.2 Å². The van der Waals surface area contributed by atoms with E-state index >= 15 is 0 Å². The number of aromatic nitrogens is 3. The van der Waals surface area contributed by atoms with E-state index < -0.39 is 0 Å². The zero-order chi connectivity index (χ0) is 20.4. The van der Waals surface area contributed by atoms with Crippen LogP contribution in [0.5, 0.6) is 17.2 Å². The molecule has 2 aromatic carbocycles. The zero-order valence-corrected chi connectivity index (χ0v) is 16.3. The van der Waals surface area contributed by atoms with E-state index in [9.17, 15) is 0 Å². The van der Waals surface area contributed by atoms with Crippen LogP contribution >= 0.6 is 0 Å². The Balaban J connectivity index is 1.75. The number of nitrogen functional groups attached to an aromatic ring is 1. The summed E-state index contributed by atoms with van der Waals surface area (Å²) in [6, 6.07) is 13.3. The Bertz CT molecular complexity index is 1150. The van der Waals surface area contributed by atoms with Crippen LogP contribution in [0.15, 0.2) is 48.8 Å². The van der Waals surface area contributed by atoms with Crippen LogP contribution in [0.25, 0.3) is 22.3 Å². The van der Waals surface area contributed by atoms with Crippen LogP contribution in [-0.4, -0.2) is 36.3 Å². The number of anilines is 3. The van der Waals surface area contributed by atoms with Crippen molar-refractivity contribution in [1.29, 1.82) is 0 Å². The molecule has 2 heterocycles. The first-order chi connectivity index (χ1) is 14.1. The number of fused-ring (bicyclic) bond motifs is 1. The third-order valence-electron chi connectivity index (χ3n) is 4.55.